The summed E-state index contributed by atoms with van der Waals surface area (Å²) in [5, 5.41) is 0.206. The highest BCUT2D eigenvalue weighted by molar-refractivity contribution is 9.09. The van der Waals surface area contributed by atoms with Crippen LogP contribution in [0.1, 0.15) is 27.7 Å². The molecule has 0 heterocycles. The van der Waals surface area contributed by atoms with E-state index in [1.165, 1.54) is 0 Å². The monoisotopic (exact) mass is 194 g/mol. The third kappa shape index (κ3) is 4.91. The molecule has 1 unspecified atom stereocenters. The van der Waals surface area contributed by atoms with Crippen LogP contribution in [0, 0.1) is 5.92 Å². The number of hydrogen-bond donors (Lipinski definition) is 0. The van der Waals surface area contributed by atoms with Crippen LogP contribution >= 0.6 is 15.9 Å². The van der Waals surface area contributed by atoms with Crippen molar-refractivity contribution in [3.63, 3.8) is 0 Å². The van der Waals surface area contributed by atoms with Crippen LogP contribution < -0.4 is 0 Å². The summed E-state index contributed by atoms with van der Waals surface area (Å²) in [6.07, 6.45) is 0.316. The van der Waals surface area contributed by atoms with E-state index < -0.39 is 0 Å². The van der Waals surface area contributed by atoms with Crippen molar-refractivity contribution < 1.29 is 4.74 Å². The van der Waals surface area contributed by atoms with Gasteiger partial charge in [-0.1, -0.05) is 29.8 Å². The Bertz CT molecular complexity index is 71.3. The van der Waals surface area contributed by atoms with E-state index in [1.807, 2.05) is 13.8 Å². The fourth-order valence-electron chi connectivity index (χ4n) is 0.417. The zero-order valence-electron chi connectivity index (χ0n) is 6.52. The maximum atomic E-state index is 5.43. The molecule has 0 aromatic carbocycles. The number of hydrogen-bond acceptors (Lipinski definition) is 1. The highest BCUT2D eigenvalue weighted by Gasteiger charge is 2.09. The van der Waals surface area contributed by atoms with Crippen molar-refractivity contribution in [2.75, 3.05) is 0 Å². The lowest BCUT2D eigenvalue weighted by molar-refractivity contribution is 0.0403. The van der Waals surface area contributed by atoms with E-state index in [1.54, 1.807) is 0 Å². The molecule has 0 spiro atoms. The van der Waals surface area contributed by atoms with Gasteiger partial charge in [0.1, 0.15) is 5.01 Å². The Morgan fingerprint density at radius 1 is 1.11 bits per heavy atom. The van der Waals surface area contributed by atoms with Crippen molar-refractivity contribution in [1.82, 2.24) is 0 Å². The molecule has 0 radical (unpaired) electrons. The topological polar surface area (TPSA) is 9.23 Å². The van der Waals surface area contributed by atoms with Gasteiger partial charge in [0, 0.05) is 0 Å². The van der Waals surface area contributed by atoms with E-state index in [9.17, 15) is 0 Å². The molecular formula is C7H15BrO. The molecule has 0 saturated carbocycles. The van der Waals surface area contributed by atoms with Gasteiger partial charge in [-0.2, -0.15) is 0 Å². The molecule has 0 rings (SSSR count). The van der Waals surface area contributed by atoms with E-state index >= 15 is 0 Å². The maximum absolute atomic E-state index is 5.43. The standard InChI is InChI=1S/C7H15BrO/c1-5(2)7(8)9-6(3)4/h5-7H,1-4H3. The second-order valence-electron chi connectivity index (χ2n) is 2.78. The molecule has 1 nitrogen and oxygen atoms in total. The number of alkyl halides is 1. The molecule has 0 N–H and O–H groups in total. The molecule has 56 valence electrons. The summed E-state index contributed by atoms with van der Waals surface area (Å²) in [6.45, 7) is 8.33. The summed E-state index contributed by atoms with van der Waals surface area (Å²) in [4.78, 5) is 0. The van der Waals surface area contributed by atoms with Crippen molar-refractivity contribution >= 4 is 15.9 Å². The Balaban J connectivity index is 3.38. The van der Waals surface area contributed by atoms with Crippen LogP contribution in [0.2, 0.25) is 0 Å². The molecule has 0 bridgehead atoms. The molecule has 0 aliphatic rings. The fourth-order valence-corrected chi connectivity index (χ4v) is 0.849. The zero-order chi connectivity index (χ0) is 7.44. The lowest BCUT2D eigenvalue weighted by atomic mass is 10.2. The predicted molar refractivity (Wildman–Crippen MR) is 43.8 cm³/mol. The molecule has 0 aromatic rings. The van der Waals surface area contributed by atoms with E-state index in [0.29, 0.717) is 12.0 Å². The molecule has 0 saturated heterocycles. The molecule has 0 aromatic heterocycles. The maximum Gasteiger partial charge on any atom is 0.115 e. The highest BCUT2D eigenvalue weighted by atomic mass is 79.9. The van der Waals surface area contributed by atoms with E-state index in [-0.39, 0.29) is 5.01 Å². The Morgan fingerprint density at radius 3 is 1.67 bits per heavy atom. The first-order chi connectivity index (χ1) is 4.04. The first kappa shape index (κ1) is 9.44. The summed E-state index contributed by atoms with van der Waals surface area (Å²) >= 11 is 3.42. The molecule has 1 atom stereocenters. The Labute approximate surface area is 65.9 Å². The Hall–Kier alpha value is 0.440. The van der Waals surface area contributed by atoms with Gasteiger partial charge in [0.05, 0.1) is 6.10 Å². The Kier molecular flexibility index (Phi) is 4.50. The summed E-state index contributed by atoms with van der Waals surface area (Å²) < 4.78 is 5.43. The van der Waals surface area contributed by atoms with Crippen LogP contribution in [0.5, 0.6) is 0 Å². The summed E-state index contributed by atoms with van der Waals surface area (Å²) in [6, 6.07) is 0. The molecule has 2 heteroatoms. The molecular weight excluding hydrogens is 180 g/mol. The lowest BCUT2D eigenvalue weighted by Crippen LogP contribution is -2.16. The number of halogens is 1. The number of ether oxygens (including phenoxy) is 1. The highest BCUT2D eigenvalue weighted by Crippen LogP contribution is 2.14. The molecule has 0 aliphatic heterocycles. The minimum absolute atomic E-state index is 0.206. The lowest BCUT2D eigenvalue weighted by Gasteiger charge is -2.17. The molecule has 0 amide bonds. The van der Waals surface area contributed by atoms with E-state index in [0.717, 1.165) is 0 Å². The zero-order valence-corrected chi connectivity index (χ0v) is 8.10. The van der Waals surface area contributed by atoms with Crippen molar-refractivity contribution in [1.29, 1.82) is 0 Å². The van der Waals surface area contributed by atoms with E-state index in [4.69, 9.17) is 4.74 Å². The van der Waals surface area contributed by atoms with Crippen LogP contribution in [0.25, 0.3) is 0 Å². The second kappa shape index (κ2) is 4.29. The van der Waals surface area contributed by atoms with Crippen molar-refractivity contribution in [2.24, 2.45) is 5.92 Å². The van der Waals surface area contributed by atoms with Gasteiger partial charge >= 0.3 is 0 Å². The van der Waals surface area contributed by atoms with Crippen LogP contribution in [-0.4, -0.2) is 11.1 Å². The van der Waals surface area contributed by atoms with Gasteiger partial charge in [-0.15, -0.1) is 0 Å². The van der Waals surface area contributed by atoms with Gasteiger partial charge in [0.2, 0.25) is 0 Å². The SMILES string of the molecule is CC(C)OC(Br)C(C)C. The van der Waals surface area contributed by atoms with Gasteiger partial charge in [0.25, 0.3) is 0 Å². The molecule has 0 fully saturated rings. The van der Waals surface area contributed by atoms with Crippen molar-refractivity contribution in [2.45, 2.75) is 38.8 Å². The normalized spacial score (nSPS) is 15.0. The smallest absolute Gasteiger partial charge is 0.115 e. The summed E-state index contributed by atoms with van der Waals surface area (Å²) in [5.74, 6) is 0.549. The van der Waals surface area contributed by atoms with Crippen LogP contribution in [0.3, 0.4) is 0 Å². The van der Waals surface area contributed by atoms with Gasteiger partial charge < -0.3 is 4.74 Å². The van der Waals surface area contributed by atoms with Crippen LogP contribution in [-0.2, 0) is 4.74 Å². The second-order valence-corrected chi connectivity index (χ2v) is 3.68. The fraction of sp³-hybridized carbons (Fsp3) is 1.00. The minimum atomic E-state index is 0.206. The van der Waals surface area contributed by atoms with Gasteiger partial charge in [-0.05, 0) is 19.8 Å². The quantitative estimate of drug-likeness (QED) is 0.629. The first-order valence-electron chi connectivity index (χ1n) is 3.33. The van der Waals surface area contributed by atoms with Gasteiger partial charge in [0.15, 0.2) is 0 Å². The average Bonchev–Trinajstić information content (AvgIpc) is 1.63. The first-order valence-corrected chi connectivity index (χ1v) is 4.25. The number of rotatable bonds is 3. The summed E-state index contributed by atoms with van der Waals surface area (Å²) in [5.41, 5.74) is 0. The molecule has 9 heavy (non-hydrogen) atoms. The van der Waals surface area contributed by atoms with E-state index in [2.05, 4.69) is 29.8 Å². The van der Waals surface area contributed by atoms with Gasteiger partial charge in [-0.3, -0.25) is 0 Å². The van der Waals surface area contributed by atoms with Crippen molar-refractivity contribution in [3.05, 3.63) is 0 Å². The Morgan fingerprint density at radius 2 is 1.56 bits per heavy atom. The largest absolute Gasteiger partial charge is 0.364 e. The third-order valence-electron chi connectivity index (χ3n) is 0.926. The minimum Gasteiger partial charge on any atom is -0.364 e. The van der Waals surface area contributed by atoms with Crippen LogP contribution in [0.15, 0.2) is 0 Å². The predicted octanol–water partition coefficient (Wildman–Crippen LogP) is 2.79. The van der Waals surface area contributed by atoms with Crippen LogP contribution in [0.4, 0.5) is 0 Å². The van der Waals surface area contributed by atoms with Gasteiger partial charge in [-0.25, -0.2) is 0 Å². The third-order valence-corrected chi connectivity index (χ3v) is 2.20. The van der Waals surface area contributed by atoms with Crippen molar-refractivity contribution in [3.8, 4) is 0 Å². The average molecular weight is 195 g/mol. The summed E-state index contributed by atoms with van der Waals surface area (Å²) in [7, 11) is 0. The molecule has 0 aliphatic carbocycles.